The third-order valence-electron chi connectivity index (χ3n) is 11.3. The van der Waals surface area contributed by atoms with Gasteiger partial charge in [-0.05, 0) is 116 Å². The molecule has 30 heteroatoms. The number of alkyl halides is 5. The van der Waals surface area contributed by atoms with E-state index in [4.69, 9.17) is 27.1 Å². The number of nitrogen functional groups attached to an aromatic ring is 1. The van der Waals surface area contributed by atoms with Crippen LogP contribution in [0.3, 0.4) is 0 Å². The van der Waals surface area contributed by atoms with E-state index in [1.54, 1.807) is 30.3 Å². The van der Waals surface area contributed by atoms with E-state index in [1.807, 2.05) is 0 Å². The molecule has 0 bridgehead atoms. The number of carboxylic acids is 2. The Morgan fingerprint density at radius 1 is 0.481 bits per heavy atom. The Morgan fingerprint density at radius 3 is 1.23 bits per heavy atom. The molecule has 0 aromatic heterocycles. The largest absolute Gasteiger partial charge is 0.490 e. The second kappa shape index (κ2) is 34.7. The molecule has 0 heterocycles. The van der Waals surface area contributed by atoms with Gasteiger partial charge in [-0.1, -0.05) is 30.3 Å². The van der Waals surface area contributed by atoms with Crippen molar-refractivity contribution in [2.75, 3.05) is 18.8 Å². The van der Waals surface area contributed by atoms with Gasteiger partial charge < -0.3 is 75.3 Å². The molecule has 25 nitrogen and oxygen atoms in total. The number of nitrogens with two attached hydrogens (primary N) is 3. The summed E-state index contributed by atoms with van der Waals surface area (Å²) in [5.74, 6) is -11.9. The zero-order chi connectivity index (χ0) is 60.2. The van der Waals surface area contributed by atoms with E-state index in [0.29, 0.717) is 50.0 Å². The van der Waals surface area contributed by atoms with E-state index < -0.39 is 139 Å². The average Bonchev–Trinajstić information content (AvgIpc) is 3.37. The number of unbranched alkanes of at least 4 members (excludes halogenated alkanes) is 2. The molecule has 0 spiro atoms. The highest BCUT2D eigenvalue weighted by molar-refractivity contribution is 6.00. The highest BCUT2D eigenvalue weighted by atomic mass is 19.4. The number of carboxylic acid groups (broad SMARTS) is 2. The van der Waals surface area contributed by atoms with Crippen molar-refractivity contribution in [1.82, 2.24) is 47.9 Å². The Hall–Kier alpha value is -8.02. The number of amides is 9. The van der Waals surface area contributed by atoms with E-state index in [-0.39, 0.29) is 24.8 Å². The van der Waals surface area contributed by atoms with Crippen LogP contribution in [0.5, 0.6) is 0 Å². The molecule has 0 fully saturated rings. The topological polar surface area (TPSA) is 415 Å². The summed E-state index contributed by atoms with van der Waals surface area (Å²) in [6, 6.07) is 2.05. The molecule has 79 heavy (non-hydrogen) atoms. The van der Waals surface area contributed by atoms with E-state index >= 15 is 0 Å². The van der Waals surface area contributed by atoms with Crippen LogP contribution in [0.25, 0.3) is 0 Å². The van der Waals surface area contributed by atoms with Crippen molar-refractivity contribution >= 4 is 70.8 Å². The lowest BCUT2D eigenvalue weighted by molar-refractivity contribution is -0.192. The average molecular weight is 1130 g/mol. The van der Waals surface area contributed by atoms with E-state index in [2.05, 4.69) is 47.9 Å². The number of hydrogen-bond acceptors (Lipinski definition) is 14. The minimum absolute atomic E-state index is 0.0811. The number of hydrogen-bond donors (Lipinski definition) is 14. The smallest absolute Gasteiger partial charge is 0.480 e. The summed E-state index contributed by atoms with van der Waals surface area (Å²) >= 11 is 0. The number of carbonyl (C=O) groups excluding carboxylic acids is 9. The van der Waals surface area contributed by atoms with Crippen LogP contribution in [0.1, 0.15) is 95.5 Å². The van der Waals surface area contributed by atoms with Crippen molar-refractivity contribution in [3.63, 3.8) is 0 Å². The van der Waals surface area contributed by atoms with Gasteiger partial charge in [-0.15, -0.1) is 0 Å². The van der Waals surface area contributed by atoms with Gasteiger partial charge in [0, 0.05) is 24.1 Å². The molecule has 17 N–H and O–H groups in total. The molecule has 440 valence electrons. The first-order chi connectivity index (χ1) is 36.9. The maximum absolute atomic E-state index is 13.7. The molecule has 0 radical (unpaired) electrons. The van der Waals surface area contributed by atoms with Crippen molar-refractivity contribution in [3.8, 4) is 0 Å². The van der Waals surface area contributed by atoms with Crippen LogP contribution < -0.4 is 65.1 Å². The fourth-order valence-electron chi connectivity index (χ4n) is 6.69. The van der Waals surface area contributed by atoms with Gasteiger partial charge in [-0.25, -0.2) is 18.4 Å². The number of benzene rings is 2. The van der Waals surface area contributed by atoms with Crippen molar-refractivity contribution < 1.29 is 84.9 Å². The lowest BCUT2D eigenvalue weighted by Crippen LogP contribution is -2.59. The number of halogens is 5. The summed E-state index contributed by atoms with van der Waals surface area (Å²) in [6.45, 7) is 6.97. The molecule has 0 aliphatic heterocycles. The van der Waals surface area contributed by atoms with Gasteiger partial charge in [0.05, 0.1) is 0 Å². The van der Waals surface area contributed by atoms with Gasteiger partial charge in [-0.3, -0.25) is 43.2 Å². The summed E-state index contributed by atoms with van der Waals surface area (Å²) in [5.41, 5.74) is 18.0. The number of carbonyl (C=O) groups is 11. The summed E-state index contributed by atoms with van der Waals surface area (Å²) in [4.78, 5) is 139. The van der Waals surface area contributed by atoms with Crippen LogP contribution in [0, 0.1) is 0 Å². The minimum Gasteiger partial charge on any atom is -0.480 e. The Labute approximate surface area is 451 Å². The zero-order valence-corrected chi connectivity index (χ0v) is 44.0. The minimum atomic E-state index is -5.08. The molecule has 2 aromatic carbocycles. The SMILES string of the molecule is C[C@H](NC(=O)[C@H](C)NC(=O)[C@H](CC(F)F)NC(=O)[C@H](C)NC(=O)[C@H](Cc1ccccc1)NC(=O)[C@H](C)NC(=O)[C@H](C)NC(=O)[C@H](CCCCN)NC(=O)c1ccc(N)cc1)C(=O)N[C@@H](CCCCN)C(=O)O.O=C(O)C(F)(F)F. The summed E-state index contributed by atoms with van der Waals surface area (Å²) in [7, 11) is 0. The third kappa shape index (κ3) is 26.7. The van der Waals surface area contributed by atoms with Crippen LogP contribution in [-0.2, 0) is 54.4 Å². The van der Waals surface area contributed by atoms with E-state index in [9.17, 15) is 75.0 Å². The summed E-state index contributed by atoms with van der Waals surface area (Å²) in [6.07, 6.45) is -7.28. The summed E-state index contributed by atoms with van der Waals surface area (Å²) < 4.78 is 59.2. The predicted octanol–water partition coefficient (Wildman–Crippen LogP) is -0.781. The first kappa shape index (κ1) is 69.0. The Kier molecular flexibility index (Phi) is 30.3. The van der Waals surface area contributed by atoms with Crippen molar-refractivity contribution in [3.05, 3.63) is 65.7 Å². The normalized spacial score (nSPS) is 14.4. The highest BCUT2D eigenvalue weighted by Gasteiger charge is 2.38. The predicted molar refractivity (Wildman–Crippen MR) is 274 cm³/mol. The fourth-order valence-corrected chi connectivity index (χ4v) is 6.69. The van der Waals surface area contributed by atoms with E-state index in [0.717, 1.165) is 0 Å². The second-order valence-electron chi connectivity index (χ2n) is 18.0. The first-order valence-corrected chi connectivity index (χ1v) is 24.8. The molecule has 0 saturated heterocycles. The third-order valence-corrected chi connectivity index (χ3v) is 11.3. The molecule has 2 rings (SSSR count). The molecular weight excluding hydrogens is 1060 g/mol. The van der Waals surface area contributed by atoms with Crippen LogP contribution in [0.4, 0.5) is 27.6 Å². The lowest BCUT2D eigenvalue weighted by Gasteiger charge is -2.26. The van der Waals surface area contributed by atoms with Gasteiger partial charge in [0.25, 0.3) is 5.91 Å². The molecule has 0 aliphatic carbocycles. The summed E-state index contributed by atoms with van der Waals surface area (Å²) in [5, 5.41) is 38.1. The van der Waals surface area contributed by atoms with Crippen LogP contribution in [0.2, 0.25) is 0 Å². The van der Waals surface area contributed by atoms with Gasteiger partial charge >= 0.3 is 18.1 Å². The lowest BCUT2D eigenvalue weighted by atomic mass is 10.0. The van der Waals surface area contributed by atoms with Gasteiger partial charge in [0.15, 0.2) is 0 Å². The van der Waals surface area contributed by atoms with E-state index in [1.165, 1.54) is 58.9 Å². The zero-order valence-electron chi connectivity index (χ0n) is 44.0. The molecule has 0 saturated carbocycles. The van der Waals surface area contributed by atoms with Crippen molar-refractivity contribution in [2.45, 2.75) is 153 Å². The standard InChI is InChI=1S/C47H70F2N12O11.C2HF3O2/c1-25(55-44(68)33(15-9-11-21-50)58-43(67)31-17-19-32(52)20-18-31)38(62)54-28(4)41(65)60-35(23-30-13-7-6-8-14-30)45(69)57-29(5)42(66)61-36(24-37(48)49)46(70)56-26(2)39(63)53-27(3)40(64)59-34(47(71)72)16-10-12-22-51;3-2(4,5)1(6)7/h6-8,13-14,17-20,25-29,33-37H,9-12,15-16,21-24,50-52H2,1-5H3,(H,53,63)(H,54,62)(H,55,68)(H,56,70)(H,57,69)(H,58,67)(H,59,64)(H,60,65)(H,61,66)(H,71,72);(H,6,7)/t25-,26-,27-,28-,29-,33-,34-,35-,36-;/m0./s1. The maximum atomic E-state index is 13.7. The number of anilines is 1. The Bertz CT molecular complexity index is 2370. The molecule has 2 aromatic rings. The first-order valence-electron chi connectivity index (χ1n) is 24.8. The number of aliphatic carboxylic acids is 2. The van der Waals surface area contributed by atoms with Crippen molar-refractivity contribution in [2.24, 2.45) is 11.5 Å². The Morgan fingerprint density at radius 2 is 0.835 bits per heavy atom. The fraction of sp³-hybridized carbons (Fsp3) is 0.531. The molecule has 9 atom stereocenters. The number of rotatable bonds is 31. The molecule has 9 amide bonds. The monoisotopic (exact) mass is 1130 g/mol. The van der Waals surface area contributed by atoms with Crippen LogP contribution in [0.15, 0.2) is 54.6 Å². The van der Waals surface area contributed by atoms with Gasteiger partial charge in [0.1, 0.15) is 54.4 Å². The highest BCUT2D eigenvalue weighted by Crippen LogP contribution is 2.14. The molecule has 0 unspecified atom stereocenters. The Balaban J connectivity index is 0.00000415. The molecular formula is C49H71F5N12O13. The number of nitrogens with one attached hydrogen (secondary N) is 9. The van der Waals surface area contributed by atoms with Crippen LogP contribution >= 0.6 is 0 Å². The van der Waals surface area contributed by atoms with Crippen LogP contribution in [-0.4, -0.2) is 155 Å². The van der Waals surface area contributed by atoms with Gasteiger partial charge in [-0.2, -0.15) is 13.2 Å². The second-order valence-corrected chi connectivity index (χ2v) is 18.0. The van der Waals surface area contributed by atoms with Crippen molar-refractivity contribution in [1.29, 1.82) is 0 Å². The quantitative estimate of drug-likeness (QED) is 0.0250. The maximum Gasteiger partial charge on any atom is 0.490 e. The molecule has 0 aliphatic rings. The van der Waals surface area contributed by atoms with Gasteiger partial charge in [0.2, 0.25) is 53.7 Å².